The Morgan fingerprint density at radius 3 is 2.47 bits per heavy atom. The van der Waals surface area contributed by atoms with Gasteiger partial charge in [-0.05, 0) is 72.3 Å². The molecule has 0 unspecified atom stereocenters. The monoisotopic (exact) mass is 433 g/mol. The van der Waals surface area contributed by atoms with Crippen LogP contribution in [0, 0.1) is 5.92 Å². The second-order valence-electron chi connectivity index (χ2n) is 9.01. The summed E-state index contributed by atoms with van der Waals surface area (Å²) in [5, 5.41) is 8.00. The number of hydrogen-bond donors (Lipinski definition) is 0. The summed E-state index contributed by atoms with van der Waals surface area (Å²) in [6.07, 6.45) is 4.00. The zero-order valence-corrected chi connectivity index (χ0v) is 18.5. The first kappa shape index (κ1) is 20.9. The molecule has 0 N–H and O–H groups in total. The number of piperazine rings is 1. The lowest BCUT2D eigenvalue weighted by atomic mass is 9.91. The Morgan fingerprint density at radius 1 is 0.906 bits per heavy atom. The van der Waals surface area contributed by atoms with Gasteiger partial charge in [-0.3, -0.25) is 9.69 Å². The Morgan fingerprint density at radius 2 is 1.69 bits per heavy atom. The van der Waals surface area contributed by atoms with Crippen LogP contribution in [0.25, 0.3) is 11.0 Å². The van der Waals surface area contributed by atoms with E-state index in [0.717, 1.165) is 76.1 Å². The molecular weight excluding hydrogens is 402 g/mol. The van der Waals surface area contributed by atoms with Gasteiger partial charge in [0.1, 0.15) is 11.0 Å². The van der Waals surface area contributed by atoms with Crippen molar-refractivity contribution in [3.05, 3.63) is 54.1 Å². The molecule has 2 saturated heterocycles. The fourth-order valence-electron chi connectivity index (χ4n) is 5.00. The van der Waals surface area contributed by atoms with Crippen molar-refractivity contribution in [2.75, 3.05) is 44.2 Å². The Kier molecular flexibility index (Phi) is 6.34. The molecule has 5 rings (SSSR count). The number of hydrogen-bond acceptors (Lipinski definition) is 6. The third kappa shape index (κ3) is 4.78. The second-order valence-corrected chi connectivity index (χ2v) is 9.01. The number of likely N-dealkylation sites (tertiary alicyclic amines) is 1. The van der Waals surface area contributed by atoms with Gasteiger partial charge in [-0.2, -0.15) is 0 Å². The molecule has 1 aromatic heterocycles. The van der Waals surface area contributed by atoms with Crippen molar-refractivity contribution in [2.45, 2.75) is 32.2 Å². The van der Waals surface area contributed by atoms with E-state index in [2.05, 4.69) is 55.3 Å². The number of para-hydroxylation sites is 1. The van der Waals surface area contributed by atoms with Gasteiger partial charge in [0.05, 0.1) is 0 Å². The van der Waals surface area contributed by atoms with E-state index in [1.807, 2.05) is 18.2 Å². The topological polar surface area (TPSA) is 65.7 Å². The smallest absolute Gasteiger partial charge is 0.222 e. The summed E-state index contributed by atoms with van der Waals surface area (Å²) in [5.41, 5.74) is 4.11. The number of fused-ring (bicyclic) bond motifs is 1. The van der Waals surface area contributed by atoms with Gasteiger partial charge < -0.3 is 9.80 Å². The maximum Gasteiger partial charge on any atom is 0.222 e. The van der Waals surface area contributed by atoms with Crippen LogP contribution >= 0.6 is 0 Å². The first-order valence-corrected chi connectivity index (χ1v) is 11.8. The van der Waals surface area contributed by atoms with Crippen molar-refractivity contribution >= 4 is 22.6 Å². The van der Waals surface area contributed by atoms with E-state index in [1.54, 1.807) is 0 Å². The lowest BCUT2D eigenvalue weighted by molar-refractivity contribution is -0.131. The predicted octanol–water partition coefficient (Wildman–Crippen LogP) is 3.56. The van der Waals surface area contributed by atoms with Gasteiger partial charge in [-0.25, -0.2) is 4.63 Å². The van der Waals surface area contributed by atoms with Crippen LogP contribution in [0.15, 0.2) is 53.2 Å². The van der Waals surface area contributed by atoms with Crippen molar-refractivity contribution in [2.24, 2.45) is 5.92 Å². The van der Waals surface area contributed by atoms with Crippen LogP contribution in [0.2, 0.25) is 0 Å². The highest BCUT2D eigenvalue weighted by Crippen LogP contribution is 2.25. The zero-order valence-electron chi connectivity index (χ0n) is 18.5. The number of amides is 1. The van der Waals surface area contributed by atoms with Gasteiger partial charge in [-0.15, -0.1) is 0 Å². The van der Waals surface area contributed by atoms with Crippen molar-refractivity contribution in [3.63, 3.8) is 0 Å². The number of carbonyl (C=O) groups is 1. The first-order valence-electron chi connectivity index (χ1n) is 11.8. The molecule has 1 amide bonds. The van der Waals surface area contributed by atoms with Gasteiger partial charge in [0.2, 0.25) is 5.91 Å². The highest BCUT2D eigenvalue weighted by molar-refractivity contribution is 5.77. The van der Waals surface area contributed by atoms with E-state index in [0.29, 0.717) is 18.2 Å². The molecule has 2 fully saturated rings. The molecule has 0 atom stereocenters. The summed E-state index contributed by atoms with van der Waals surface area (Å²) in [5.74, 6) is 0.968. The third-order valence-corrected chi connectivity index (χ3v) is 6.99. The quantitative estimate of drug-likeness (QED) is 0.592. The summed E-state index contributed by atoms with van der Waals surface area (Å²) in [4.78, 5) is 19.7. The summed E-state index contributed by atoms with van der Waals surface area (Å²) in [6, 6.07) is 16.5. The Labute approximate surface area is 188 Å². The SMILES string of the molecule is O=C(CCC1CCN(Cc2cccc3nonc23)CC1)N1CCN(c2ccccc2)CC1. The maximum atomic E-state index is 12.8. The molecule has 0 aliphatic carbocycles. The van der Waals surface area contributed by atoms with E-state index in [1.165, 1.54) is 11.3 Å². The molecule has 3 aromatic rings. The third-order valence-electron chi connectivity index (χ3n) is 6.99. The Hall–Kier alpha value is -2.93. The minimum Gasteiger partial charge on any atom is -0.368 e. The Balaban J connectivity index is 1.04. The average Bonchev–Trinajstić information content (AvgIpc) is 3.34. The molecule has 2 aromatic carbocycles. The molecule has 0 spiro atoms. The largest absolute Gasteiger partial charge is 0.368 e. The average molecular weight is 434 g/mol. The molecule has 32 heavy (non-hydrogen) atoms. The van der Waals surface area contributed by atoms with Gasteiger partial charge in [0.25, 0.3) is 0 Å². The van der Waals surface area contributed by atoms with Crippen LogP contribution in [-0.2, 0) is 11.3 Å². The molecule has 0 radical (unpaired) electrons. The summed E-state index contributed by atoms with van der Waals surface area (Å²) in [6.45, 7) is 6.50. The summed E-state index contributed by atoms with van der Waals surface area (Å²) >= 11 is 0. The van der Waals surface area contributed by atoms with Crippen LogP contribution in [0.3, 0.4) is 0 Å². The highest BCUT2D eigenvalue weighted by Gasteiger charge is 2.24. The van der Waals surface area contributed by atoms with Crippen molar-refractivity contribution in [3.8, 4) is 0 Å². The van der Waals surface area contributed by atoms with Crippen LogP contribution in [-0.4, -0.2) is 65.3 Å². The van der Waals surface area contributed by atoms with Crippen LogP contribution in [0.1, 0.15) is 31.2 Å². The molecule has 0 bridgehead atoms. The number of carbonyl (C=O) groups excluding carboxylic acids is 1. The number of aromatic nitrogens is 2. The van der Waals surface area contributed by atoms with Crippen molar-refractivity contribution < 1.29 is 9.42 Å². The fraction of sp³-hybridized carbons (Fsp3) is 0.480. The highest BCUT2D eigenvalue weighted by atomic mass is 16.6. The number of rotatable bonds is 6. The lowest BCUT2D eigenvalue weighted by Crippen LogP contribution is -2.48. The second kappa shape index (κ2) is 9.69. The zero-order chi connectivity index (χ0) is 21.8. The normalized spacial score (nSPS) is 18.4. The number of benzene rings is 2. The van der Waals surface area contributed by atoms with Crippen LogP contribution < -0.4 is 4.90 Å². The summed E-state index contributed by atoms with van der Waals surface area (Å²) < 4.78 is 4.89. The molecular formula is C25H31N5O2. The van der Waals surface area contributed by atoms with E-state index in [-0.39, 0.29) is 0 Å². The molecule has 2 aliphatic heterocycles. The van der Waals surface area contributed by atoms with E-state index < -0.39 is 0 Å². The first-order chi connectivity index (χ1) is 15.8. The van der Waals surface area contributed by atoms with Gasteiger partial charge in [-0.1, -0.05) is 30.3 Å². The Bertz CT molecular complexity index is 1020. The predicted molar refractivity (Wildman–Crippen MR) is 124 cm³/mol. The molecule has 7 heteroatoms. The standard InChI is InChI=1S/C25H31N5O2/c31-24(30-17-15-29(16-18-30)22-6-2-1-3-7-22)10-9-20-11-13-28(14-12-20)19-21-5-4-8-23-25(21)27-32-26-23/h1-8,20H,9-19H2. The molecule has 0 saturated carbocycles. The van der Waals surface area contributed by atoms with Gasteiger partial charge >= 0.3 is 0 Å². The minimum absolute atomic E-state index is 0.324. The van der Waals surface area contributed by atoms with Crippen LogP contribution in [0.4, 0.5) is 5.69 Å². The van der Waals surface area contributed by atoms with E-state index >= 15 is 0 Å². The minimum atomic E-state index is 0.324. The summed E-state index contributed by atoms with van der Waals surface area (Å²) in [7, 11) is 0. The number of piperidine rings is 1. The number of anilines is 1. The molecule has 168 valence electrons. The lowest BCUT2D eigenvalue weighted by Gasteiger charge is -2.36. The van der Waals surface area contributed by atoms with E-state index in [4.69, 9.17) is 4.63 Å². The molecule has 7 nitrogen and oxygen atoms in total. The fourth-order valence-corrected chi connectivity index (χ4v) is 5.00. The van der Waals surface area contributed by atoms with Crippen molar-refractivity contribution in [1.82, 2.24) is 20.1 Å². The number of nitrogens with zero attached hydrogens (tertiary/aromatic N) is 5. The van der Waals surface area contributed by atoms with Gasteiger partial charge in [0.15, 0.2) is 0 Å². The van der Waals surface area contributed by atoms with Crippen LogP contribution in [0.5, 0.6) is 0 Å². The molecule has 2 aliphatic rings. The maximum absolute atomic E-state index is 12.8. The van der Waals surface area contributed by atoms with Crippen molar-refractivity contribution in [1.29, 1.82) is 0 Å². The molecule has 3 heterocycles. The van der Waals surface area contributed by atoms with E-state index in [9.17, 15) is 4.79 Å². The van der Waals surface area contributed by atoms with Gasteiger partial charge in [0, 0.05) is 44.8 Å².